The standard InChI is InChI=1S/C46H80NO9P/c1-6-8-10-11-12-13-14-16-20-23-26-29-33-37-45(49)53-41-44(42-55-57(51,52)54-40-39-47(3,4)5)56-46(50)38-34-30-27-24-21-18-15-17-19-22-25-28-32-36-43(48)35-31-9-7-2/h9,17-19,21,25,27-28,30-32,36,43-44,48H,6-8,10-16,20,22-24,26,29,33-35,37-42H2,1-5H3/b19-17-,21-18-,28-25+,30-27-,31-9-,36-32+/t43?,44-/m1/s1. The molecule has 0 aliphatic carbocycles. The second-order valence-corrected chi connectivity index (χ2v) is 16.9. The molecular weight excluding hydrogens is 741 g/mol. The number of likely N-dealkylation sites (N-methyl/N-ethyl adjacent to an activating group) is 1. The van der Waals surface area contributed by atoms with Gasteiger partial charge in [0.05, 0.1) is 33.9 Å². The van der Waals surface area contributed by atoms with Crippen molar-refractivity contribution < 1.29 is 47.2 Å². The van der Waals surface area contributed by atoms with Gasteiger partial charge in [-0.05, 0) is 44.9 Å². The maximum Gasteiger partial charge on any atom is 0.306 e. The maximum absolute atomic E-state index is 12.6. The number of nitrogens with zero attached hydrogens (tertiary/aromatic N) is 1. The summed E-state index contributed by atoms with van der Waals surface area (Å²) in [5, 5.41) is 9.84. The van der Waals surface area contributed by atoms with Crippen LogP contribution in [0.2, 0.25) is 0 Å². The van der Waals surface area contributed by atoms with E-state index in [1.54, 1.807) is 6.08 Å². The summed E-state index contributed by atoms with van der Waals surface area (Å²) in [6, 6.07) is 0. The van der Waals surface area contributed by atoms with Gasteiger partial charge in [-0.25, -0.2) is 0 Å². The van der Waals surface area contributed by atoms with Crippen LogP contribution in [0.1, 0.15) is 149 Å². The topological polar surface area (TPSA) is 131 Å². The fourth-order valence-electron chi connectivity index (χ4n) is 5.41. The smallest absolute Gasteiger partial charge is 0.306 e. The van der Waals surface area contributed by atoms with Crippen molar-refractivity contribution >= 4 is 19.8 Å². The summed E-state index contributed by atoms with van der Waals surface area (Å²) in [4.78, 5) is 37.5. The van der Waals surface area contributed by atoms with Crippen molar-refractivity contribution in [1.29, 1.82) is 0 Å². The van der Waals surface area contributed by atoms with Gasteiger partial charge < -0.3 is 33.0 Å². The number of hydrogen-bond acceptors (Lipinski definition) is 9. The van der Waals surface area contributed by atoms with Crippen LogP contribution in [-0.4, -0.2) is 81.2 Å². The van der Waals surface area contributed by atoms with Crippen molar-refractivity contribution in [2.45, 2.75) is 161 Å². The lowest BCUT2D eigenvalue weighted by Crippen LogP contribution is -2.37. The summed E-state index contributed by atoms with van der Waals surface area (Å²) in [6.07, 6.45) is 42.7. The Morgan fingerprint density at radius 3 is 1.81 bits per heavy atom. The van der Waals surface area contributed by atoms with Crippen molar-refractivity contribution in [3.63, 3.8) is 0 Å². The van der Waals surface area contributed by atoms with Crippen molar-refractivity contribution in [2.24, 2.45) is 0 Å². The normalized spacial score (nSPS) is 14.9. The van der Waals surface area contributed by atoms with Gasteiger partial charge in [-0.1, -0.05) is 164 Å². The number of ether oxygens (including phenoxy) is 2. The van der Waals surface area contributed by atoms with Crippen LogP contribution in [0.25, 0.3) is 0 Å². The van der Waals surface area contributed by atoms with E-state index < -0.39 is 38.6 Å². The van der Waals surface area contributed by atoms with E-state index in [4.69, 9.17) is 18.5 Å². The SMILES string of the molecule is CC/C=C\CC(O)/C=C/C=C/C/C=C\C/C=C\C/C=C\CCC(=O)O[C@H](COC(=O)CCCCCCCCCCCCCCC)COP(=O)([O-])OCC[N+](C)(C)C. The molecule has 0 aliphatic heterocycles. The molecule has 2 unspecified atom stereocenters. The first-order valence-corrected chi connectivity index (χ1v) is 23.2. The lowest BCUT2D eigenvalue weighted by atomic mass is 10.0. The van der Waals surface area contributed by atoms with Crippen molar-refractivity contribution in [3.8, 4) is 0 Å². The van der Waals surface area contributed by atoms with Gasteiger partial charge in [0.2, 0.25) is 0 Å². The predicted octanol–water partition coefficient (Wildman–Crippen LogP) is 10.6. The molecule has 0 saturated heterocycles. The molecule has 1 N–H and O–H groups in total. The quantitative estimate of drug-likeness (QED) is 0.0161. The molecule has 0 spiro atoms. The Labute approximate surface area is 347 Å². The van der Waals surface area contributed by atoms with Crippen LogP contribution >= 0.6 is 7.82 Å². The molecule has 11 heteroatoms. The minimum Gasteiger partial charge on any atom is -0.756 e. The Balaban J connectivity index is 4.55. The molecule has 0 heterocycles. The highest BCUT2D eigenvalue weighted by Gasteiger charge is 2.21. The Bertz CT molecular complexity index is 1220. The molecule has 328 valence electrons. The number of carbonyl (C=O) groups excluding carboxylic acids is 2. The summed E-state index contributed by atoms with van der Waals surface area (Å²) < 4.78 is 33.7. The molecule has 10 nitrogen and oxygen atoms in total. The molecule has 0 aliphatic rings. The number of hydrogen-bond donors (Lipinski definition) is 1. The first-order valence-electron chi connectivity index (χ1n) is 21.8. The van der Waals surface area contributed by atoms with Crippen LogP contribution in [0.15, 0.2) is 72.9 Å². The van der Waals surface area contributed by atoms with Crippen molar-refractivity contribution in [3.05, 3.63) is 72.9 Å². The van der Waals surface area contributed by atoms with E-state index in [-0.39, 0.29) is 26.1 Å². The summed E-state index contributed by atoms with van der Waals surface area (Å²) in [6.45, 7) is 3.90. The minimum absolute atomic E-state index is 0.0539. The number of quaternary nitrogens is 1. The summed E-state index contributed by atoms with van der Waals surface area (Å²) in [5.74, 6) is -0.958. The maximum atomic E-state index is 12.6. The zero-order valence-electron chi connectivity index (χ0n) is 36.4. The van der Waals surface area contributed by atoms with E-state index in [0.717, 1.165) is 38.5 Å². The van der Waals surface area contributed by atoms with E-state index in [9.17, 15) is 24.2 Å². The lowest BCUT2D eigenvalue weighted by molar-refractivity contribution is -0.870. The van der Waals surface area contributed by atoms with Gasteiger partial charge in [0.15, 0.2) is 6.10 Å². The average Bonchev–Trinajstić information content (AvgIpc) is 3.15. The van der Waals surface area contributed by atoms with Crippen LogP contribution in [0.3, 0.4) is 0 Å². The fraction of sp³-hybridized carbons (Fsp3) is 0.696. The molecule has 3 atom stereocenters. The van der Waals surface area contributed by atoms with Crippen molar-refractivity contribution in [2.75, 3.05) is 47.5 Å². The third-order valence-electron chi connectivity index (χ3n) is 8.83. The predicted molar refractivity (Wildman–Crippen MR) is 232 cm³/mol. The van der Waals surface area contributed by atoms with E-state index >= 15 is 0 Å². The molecule has 0 aromatic carbocycles. The summed E-state index contributed by atoms with van der Waals surface area (Å²) >= 11 is 0. The average molecular weight is 822 g/mol. The zero-order chi connectivity index (χ0) is 42.3. The van der Waals surface area contributed by atoms with Gasteiger partial charge in [-0.2, -0.15) is 0 Å². The van der Waals surface area contributed by atoms with Crippen LogP contribution < -0.4 is 4.89 Å². The molecule has 0 fully saturated rings. The highest BCUT2D eigenvalue weighted by Crippen LogP contribution is 2.38. The van der Waals surface area contributed by atoms with Gasteiger partial charge in [0.25, 0.3) is 7.82 Å². The number of phosphoric acid groups is 1. The first kappa shape index (κ1) is 54.4. The van der Waals surface area contributed by atoms with E-state index in [2.05, 4.69) is 38.2 Å². The first-order chi connectivity index (χ1) is 27.4. The number of allylic oxidation sites excluding steroid dienone is 10. The highest BCUT2D eigenvalue weighted by molar-refractivity contribution is 7.45. The summed E-state index contributed by atoms with van der Waals surface area (Å²) in [5.41, 5.74) is 0. The number of unbranched alkanes of at least 4 members (excludes halogenated alkanes) is 12. The zero-order valence-corrected chi connectivity index (χ0v) is 37.3. The molecule has 0 amide bonds. The van der Waals surface area contributed by atoms with Crippen LogP contribution in [0.4, 0.5) is 0 Å². The van der Waals surface area contributed by atoms with Gasteiger partial charge in [-0.3, -0.25) is 14.2 Å². The Morgan fingerprint density at radius 2 is 1.23 bits per heavy atom. The monoisotopic (exact) mass is 822 g/mol. The largest absolute Gasteiger partial charge is 0.756 e. The number of esters is 2. The molecule has 0 aromatic rings. The minimum atomic E-state index is -4.65. The Morgan fingerprint density at radius 1 is 0.667 bits per heavy atom. The van der Waals surface area contributed by atoms with Crippen LogP contribution in [-0.2, 0) is 32.7 Å². The fourth-order valence-corrected chi connectivity index (χ4v) is 6.14. The summed E-state index contributed by atoms with van der Waals surface area (Å²) in [7, 11) is 1.09. The van der Waals surface area contributed by atoms with Gasteiger partial charge in [-0.15, -0.1) is 0 Å². The number of aliphatic hydroxyl groups is 1. The van der Waals surface area contributed by atoms with E-state index in [0.29, 0.717) is 30.3 Å². The highest BCUT2D eigenvalue weighted by atomic mass is 31.2. The second kappa shape index (κ2) is 37.7. The van der Waals surface area contributed by atoms with Gasteiger partial charge >= 0.3 is 11.9 Å². The number of phosphoric ester groups is 1. The number of carbonyl (C=O) groups is 2. The Kier molecular flexibility index (Phi) is 36.0. The molecule has 0 radical (unpaired) electrons. The number of aliphatic hydroxyl groups excluding tert-OH is 1. The van der Waals surface area contributed by atoms with Crippen molar-refractivity contribution in [1.82, 2.24) is 0 Å². The van der Waals surface area contributed by atoms with Gasteiger partial charge in [0.1, 0.15) is 19.8 Å². The van der Waals surface area contributed by atoms with Crippen LogP contribution in [0, 0.1) is 0 Å². The van der Waals surface area contributed by atoms with E-state index in [1.165, 1.54) is 64.2 Å². The van der Waals surface area contributed by atoms with Crippen LogP contribution in [0.5, 0.6) is 0 Å². The van der Waals surface area contributed by atoms with E-state index in [1.807, 2.05) is 63.7 Å². The lowest BCUT2D eigenvalue weighted by Gasteiger charge is -2.28. The molecular formula is C46H80NO9P. The molecule has 0 rings (SSSR count). The number of rotatable bonds is 38. The molecule has 0 saturated carbocycles. The third-order valence-corrected chi connectivity index (χ3v) is 9.80. The second-order valence-electron chi connectivity index (χ2n) is 15.5. The third kappa shape index (κ3) is 41.4. The molecule has 0 bridgehead atoms. The molecule has 0 aromatic heterocycles. The molecule has 57 heavy (non-hydrogen) atoms. The van der Waals surface area contributed by atoms with Gasteiger partial charge in [0, 0.05) is 12.8 Å². The Hall–Kier alpha value is -2.59.